The first kappa shape index (κ1) is 22.7. The number of nitrogens with zero attached hydrogens (tertiary/aromatic N) is 2. The summed E-state index contributed by atoms with van der Waals surface area (Å²) < 4.78 is 3.80. The van der Waals surface area contributed by atoms with Crippen molar-refractivity contribution in [2.24, 2.45) is 0 Å². The molecule has 0 saturated heterocycles. The molecule has 1 N–H and O–H groups in total. The van der Waals surface area contributed by atoms with E-state index in [0.29, 0.717) is 0 Å². The molecular weight excluding hydrogens is 324 g/mol. The average molecular weight is 366 g/mol. The molecule has 4 nitrogen and oxygen atoms in total. The van der Waals surface area contributed by atoms with Gasteiger partial charge in [0.15, 0.2) is 6.54 Å². The molecule has 0 spiro atoms. The number of rotatable bonds is 18. The van der Waals surface area contributed by atoms with Gasteiger partial charge in [-0.2, -0.15) is 0 Å². The first-order valence-corrected chi connectivity index (χ1v) is 11.0. The van der Waals surface area contributed by atoms with Gasteiger partial charge in [0, 0.05) is 0 Å². The molecule has 26 heavy (non-hydrogen) atoms. The van der Waals surface area contributed by atoms with Crippen LogP contribution in [0.2, 0.25) is 0 Å². The number of carboxylic acids is 1. The van der Waals surface area contributed by atoms with Gasteiger partial charge >= 0.3 is 5.97 Å². The number of aromatic nitrogens is 2. The van der Waals surface area contributed by atoms with E-state index in [1.54, 1.807) is 4.57 Å². The van der Waals surface area contributed by atoms with Crippen molar-refractivity contribution in [3.63, 3.8) is 0 Å². The number of hydrogen-bond acceptors (Lipinski definition) is 1. The lowest BCUT2D eigenvalue weighted by molar-refractivity contribution is -0.685. The van der Waals surface area contributed by atoms with Crippen molar-refractivity contribution in [1.29, 1.82) is 0 Å². The molecule has 1 aromatic heterocycles. The van der Waals surface area contributed by atoms with E-state index in [9.17, 15) is 4.79 Å². The molecule has 0 atom stereocenters. The summed E-state index contributed by atoms with van der Waals surface area (Å²) in [5, 5.41) is 8.76. The van der Waals surface area contributed by atoms with Gasteiger partial charge in [-0.05, 0) is 12.8 Å². The predicted octanol–water partition coefficient (Wildman–Crippen LogP) is 5.73. The van der Waals surface area contributed by atoms with Crippen molar-refractivity contribution < 1.29 is 14.5 Å². The first-order valence-electron chi connectivity index (χ1n) is 11.0. The summed E-state index contributed by atoms with van der Waals surface area (Å²) in [7, 11) is 0. The van der Waals surface area contributed by atoms with Crippen LogP contribution in [0.25, 0.3) is 0 Å². The van der Waals surface area contributed by atoms with Crippen molar-refractivity contribution in [1.82, 2.24) is 4.57 Å². The molecule has 0 unspecified atom stereocenters. The minimum atomic E-state index is -0.792. The summed E-state index contributed by atoms with van der Waals surface area (Å²) in [6.07, 6.45) is 26.4. The fourth-order valence-corrected chi connectivity index (χ4v) is 3.49. The van der Waals surface area contributed by atoms with Gasteiger partial charge in [-0.15, -0.1) is 0 Å². The lowest BCUT2D eigenvalue weighted by atomic mass is 10.0. The summed E-state index contributed by atoms with van der Waals surface area (Å²) in [6.45, 7) is 3.32. The maximum Gasteiger partial charge on any atom is 0.346 e. The summed E-state index contributed by atoms with van der Waals surface area (Å²) in [5.74, 6) is -0.792. The zero-order valence-corrected chi connectivity index (χ0v) is 17.0. The van der Waals surface area contributed by atoms with Crippen LogP contribution in [0.5, 0.6) is 0 Å². The van der Waals surface area contributed by atoms with E-state index in [-0.39, 0.29) is 6.54 Å². The minimum Gasteiger partial charge on any atom is -0.478 e. The fourth-order valence-electron chi connectivity index (χ4n) is 3.49. The quantitative estimate of drug-likeness (QED) is 0.267. The van der Waals surface area contributed by atoms with Crippen LogP contribution in [0.1, 0.15) is 103 Å². The molecule has 0 amide bonds. The maximum atomic E-state index is 10.7. The summed E-state index contributed by atoms with van der Waals surface area (Å²) in [4.78, 5) is 10.7. The highest BCUT2D eigenvalue weighted by Crippen LogP contribution is 2.13. The monoisotopic (exact) mass is 365 g/mol. The van der Waals surface area contributed by atoms with Gasteiger partial charge in [0.05, 0.1) is 6.54 Å². The Morgan fingerprint density at radius 1 is 0.808 bits per heavy atom. The third kappa shape index (κ3) is 13.0. The zero-order valence-electron chi connectivity index (χ0n) is 17.0. The lowest BCUT2D eigenvalue weighted by Gasteiger charge is -2.03. The van der Waals surface area contributed by atoms with Gasteiger partial charge in [0.1, 0.15) is 12.4 Å². The van der Waals surface area contributed by atoms with Gasteiger partial charge in [-0.3, -0.25) is 0 Å². The second kappa shape index (κ2) is 15.9. The molecule has 0 fully saturated rings. The van der Waals surface area contributed by atoms with Crippen LogP contribution < -0.4 is 4.57 Å². The van der Waals surface area contributed by atoms with E-state index in [4.69, 9.17) is 5.11 Å². The molecule has 150 valence electrons. The molecule has 0 aliphatic rings. The Hall–Kier alpha value is -1.32. The molecule has 0 aliphatic carbocycles. The maximum absolute atomic E-state index is 10.7. The zero-order chi connectivity index (χ0) is 18.9. The van der Waals surface area contributed by atoms with Gasteiger partial charge in [0.2, 0.25) is 6.33 Å². The highest BCUT2D eigenvalue weighted by atomic mass is 16.4. The number of carboxylic acid groups (broad SMARTS) is 1. The molecule has 0 aromatic carbocycles. The number of aryl methyl sites for hydroxylation is 1. The molecule has 0 radical (unpaired) electrons. The van der Waals surface area contributed by atoms with E-state index < -0.39 is 5.97 Å². The molecule has 1 aromatic rings. The molecular formula is C22H41N2O2+. The van der Waals surface area contributed by atoms with Crippen LogP contribution >= 0.6 is 0 Å². The van der Waals surface area contributed by atoms with Gasteiger partial charge in [-0.1, -0.05) is 90.4 Å². The Bertz CT molecular complexity index is 457. The van der Waals surface area contributed by atoms with Crippen molar-refractivity contribution in [2.75, 3.05) is 0 Å². The smallest absolute Gasteiger partial charge is 0.346 e. The normalized spacial score (nSPS) is 11.1. The Balaban J connectivity index is 1.81. The SMILES string of the molecule is CCCCCCCCCCCCCCCCCn1cc[n+](CC(=O)O)c1. The van der Waals surface area contributed by atoms with Crippen LogP contribution in [0, 0.1) is 0 Å². The summed E-state index contributed by atoms with van der Waals surface area (Å²) in [6, 6.07) is 0. The second-order valence-corrected chi connectivity index (χ2v) is 7.67. The average Bonchev–Trinajstić information content (AvgIpc) is 3.05. The number of aliphatic carboxylic acids is 1. The largest absolute Gasteiger partial charge is 0.478 e. The Kier molecular flexibility index (Phi) is 13.9. The minimum absolute atomic E-state index is 0.0475. The van der Waals surface area contributed by atoms with Gasteiger partial charge < -0.3 is 5.11 Å². The fraction of sp³-hybridized carbons (Fsp3) is 0.818. The van der Waals surface area contributed by atoms with Crippen molar-refractivity contribution in [2.45, 2.75) is 116 Å². The van der Waals surface area contributed by atoms with Gasteiger partial charge in [-0.25, -0.2) is 13.9 Å². The van der Waals surface area contributed by atoms with Crippen molar-refractivity contribution in [3.05, 3.63) is 18.7 Å². The molecule has 0 aliphatic heterocycles. The van der Waals surface area contributed by atoms with Crippen molar-refractivity contribution in [3.8, 4) is 0 Å². The van der Waals surface area contributed by atoms with E-state index in [0.717, 1.165) is 6.54 Å². The van der Waals surface area contributed by atoms with Crippen LogP contribution in [0.4, 0.5) is 0 Å². The summed E-state index contributed by atoms with van der Waals surface area (Å²) in [5.41, 5.74) is 0. The Morgan fingerprint density at radius 2 is 1.27 bits per heavy atom. The molecule has 0 bridgehead atoms. The third-order valence-corrected chi connectivity index (χ3v) is 5.08. The van der Waals surface area contributed by atoms with Crippen LogP contribution in [0.3, 0.4) is 0 Å². The highest BCUT2D eigenvalue weighted by molar-refractivity contribution is 5.64. The van der Waals surface area contributed by atoms with Crippen LogP contribution in [-0.2, 0) is 17.9 Å². The Labute approximate surface area is 160 Å². The highest BCUT2D eigenvalue weighted by Gasteiger charge is 2.06. The van der Waals surface area contributed by atoms with Crippen LogP contribution in [-0.4, -0.2) is 15.6 Å². The second-order valence-electron chi connectivity index (χ2n) is 7.67. The summed E-state index contributed by atoms with van der Waals surface area (Å²) >= 11 is 0. The van der Waals surface area contributed by atoms with Crippen molar-refractivity contribution >= 4 is 5.97 Å². The molecule has 1 rings (SSSR count). The first-order chi connectivity index (χ1) is 12.7. The van der Waals surface area contributed by atoms with E-state index in [1.807, 2.05) is 18.7 Å². The Morgan fingerprint density at radius 3 is 1.73 bits per heavy atom. The number of unbranched alkanes of at least 4 members (excludes halogenated alkanes) is 14. The predicted molar refractivity (Wildman–Crippen MR) is 107 cm³/mol. The number of hydrogen-bond donors (Lipinski definition) is 1. The third-order valence-electron chi connectivity index (χ3n) is 5.08. The van der Waals surface area contributed by atoms with E-state index >= 15 is 0 Å². The lowest BCUT2D eigenvalue weighted by Crippen LogP contribution is -2.35. The van der Waals surface area contributed by atoms with Gasteiger partial charge in [0.25, 0.3) is 0 Å². The number of carbonyl (C=O) groups is 1. The number of imidazole rings is 1. The molecule has 4 heteroatoms. The van der Waals surface area contributed by atoms with E-state index in [1.165, 1.54) is 96.3 Å². The topological polar surface area (TPSA) is 46.1 Å². The van der Waals surface area contributed by atoms with E-state index in [2.05, 4.69) is 11.5 Å². The molecule has 0 saturated carbocycles. The molecule has 1 heterocycles. The van der Waals surface area contributed by atoms with Crippen LogP contribution in [0.15, 0.2) is 18.7 Å². The standard InChI is InChI=1S/C22H40N2O2/c1-2-3-4-5-6-7-8-9-10-11-12-13-14-15-16-17-23-18-19-24(21-23)20-22(25)26/h18-19,21H,2-17,20H2,1H3/p+1.